The zero-order valence-electron chi connectivity index (χ0n) is 16.1. The molecule has 0 aliphatic heterocycles. The van der Waals surface area contributed by atoms with Crippen LogP contribution in [-0.2, 0) is 4.79 Å². The number of carbonyl (C=O) groups excluding carboxylic acids is 2. The number of hydrogen-bond acceptors (Lipinski definition) is 3. The number of nitrogens with two attached hydrogens (primary N) is 1. The van der Waals surface area contributed by atoms with Gasteiger partial charge in [0.2, 0.25) is 5.91 Å². The summed E-state index contributed by atoms with van der Waals surface area (Å²) in [5.74, 6) is -5.00. The SMILES string of the molecule is Cc1c([C@@H](C)CCC(N)=O)c2c(F)c(O)c(F)cc2n1C(=O)c1ccc(Cl)c(Cl)c1. The maximum absolute atomic E-state index is 14.9. The molecule has 0 radical (unpaired) electrons. The van der Waals surface area contributed by atoms with Gasteiger partial charge in [0.15, 0.2) is 17.4 Å². The average molecular weight is 455 g/mol. The van der Waals surface area contributed by atoms with Crippen LogP contribution in [0.2, 0.25) is 10.0 Å². The van der Waals surface area contributed by atoms with Crippen molar-refractivity contribution in [3.05, 3.63) is 62.8 Å². The number of nitrogens with zero attached hydrogens (tertiary/aromatic N) is 1. The molecule has 5 nitrogen and oxygen atoms in total. The van der Waals surface area contributed by atoms with Gasteiger partial charge in [0, 0.05) is 29.1 Å². The van der Waals surface area contributed by atoms with Crippen LogP contribution in [0.3, 0.4) is 0 Å². The highest BCUT2D eigenvalue weighted by Gasteiger charge is 2.28. The molecule has 1 amide bonds. The van der Waals surface area contributed by atoms with Crippen LogP contribution in [0.15, 0.2) is 24.3 Å². The zero-order valence-corrected chi connectivity index (χ0v) is 17.6. The van der Waals surface area contributed by atoms with Gasteiger partial charge in [-0.15, -0.1) is 0 Å². The number of fused-ring (bicyclic) bond motifs is 1. The molecular weight excluding hydrogens is 437 g/mol. The lowest BCUT2D eigenvalue weighted by Gasteiger charge is -2.13. The maximum Gasteiger partial charge on any atom is 0.262 e. The molecule has 0 saturated heterocycles. The Labute approximate surface area is 181 Å². The van der Waals surface area contributed by atoms with Crippen LogP contribution in [0.5, 0.6) is 5.75 Å². The highest BCUT2D eigenvalue weighted by atomic mass is 35.5. The fraction of sp³-hybridized carbons (Fsp3) is 0.238. The number of benzene rings is 2. The summed E-state index contributed by atoms with van der Waals surface area (Å²) in [6, 6.07) is 5.16. The quantitative estimate of drug-likeness (QED) is 0.548. The van der Waals surface area contributed by atoms with E-state index in [1.54, 1.807) is 13.8 Å². The number of phenolic OH excluding ortho intramolecular Hbond substituents is 1. The van der Waals surface area contributed by atoms with E-state index in [9.17, 15) is 23.5 Å². The summed E-state index contributed by atoms with van der Waals surface area (Å²) in [4.78, 5) is 24.4. The number of aromatic hydroxyl groups is 1. The minimum atomic E-state index is -1.20. The van der Waals surface area contributed by atoms with Gasteiger partial charge in [0.25, 0.3) is 5.91 Å². The molecule has 0 bridgehead atoms. The minimum Gasteiger partial charge on any atom is -0.503 e. The summed E-state index contributed by atoms with van der Waals surface area (Å²) in [5.41, 5.74) is 6.06. The number of carbonyl (C=O) groups is 2. The van der Waals surface area contributed by atoms with Gasteiger partial charge < -0.3 is 10.8 Å². The Morgan fingerprint density at radius 1 is 1.20 bits per heavy atom. The monoisotopic (exact) mass is 454 g/mol. The van der Waals surface area contributed by atoms with Crippen LogP contribution in [0.1, 0.15) is 47.3 Å². The van der Waals surface area contributed by atoms with Crippen molar-refractivity contribution in [1.82, 2.24) is 4.57 Å². The number of aromatic nitrogens is 1. The first-order chi connectivity index (χ1) is 14.0. The topological polar surface area (TPSA) is 85.3 Å². The van der Waals surface area contributed by atoms with Gasteiger partial charge in [0.1, 0.15) is 0 Å². The third kappa shape index (κ3) is 3.75. The summed E-state index contributed by atoms with van der Waals surface area (Å²) in [6.45, 7) is 3.32. The van der Waals surface area contributed by atoms with Crippen molar-refractivity contribution in [2.75, 3.05) is 0 Å². The van der Waals surface area contributed by atoms with Crippen molar-refractivity contribution >= 4 is 45.9 Å². The van der Waals surface area contributed by atoms with Gasteiger partial charge in [-0.25, -0.2) is 8.78 Å². The van der Waals surface area contributed by atoms with E-state index in [1.165, 1.54) is 18.2 Å². The highest BCUT2D eigenvalue weighted by Crippen LogP contribution is 2.39. The van der Waals surface area contributed by atoms with Crippen molar-refractivity contribution in [3.8, 4) is 5.75 Å². The fourth-order valence-corrected chi connectivity index (χ4v) is 3.94. The second kappa shape index (κ2) is 8.24. The zero-order chi connectivity index (χ0) is 22.3. The molecule has 3 N–H and O–H groups in total. The number of rotatable bonds is 5. The maximum atomic E-state index is 14.9. The van der Waals surface area contributed by atoms with Crippen molar-refractivity contribution in [3.63, 3.8) is 0 Å². The minimum absolute atomic E-state index is 0.0442. The molecule has 30 heavy (non-hydrogen) atoms. The Bertz CT molecular complexity index is 1190. The summed E-state index contributed by atoms with van der Waals surface area (Å²) in [5, 5.41) is 10.1. The molecule has 0 fully saturated rings. The third-order valence-electron chi connectivity index (χ3n) is 5.09. The first kappa shape index (κ1) is 22.1. The van der Waals surface area contributed by atoms with E-state index in [1.807, 2.05) is 0 Å². The lowest BCUT2D eigenvalue weighted by molar-refractivity contribution is -0.118. The van der Waals surface area contributed by atoms with Gasteiger partial charge >= 0.3 is 0 Å². The highest BCUT2D eigenvalue weighted by molar-refractivity contribution is 6.42. The normalized spacial score (nSPS) is 12.3. The molecule has 3 rings (SSSR count). The summed E-state index contributed by atoms with van der Waals surface area (Å²) < 4.78 is 30.2. The smallest absolute Gasteiger partial charge is 0.262 e. The van der Waals surface area contributed by atoms with Crippen molar-refractivity contribution < 1.29 is 23.5 Å². The summed E-state index contributed by atoms with van der Waals surface area (Å²) in [6.07, 6.45) is 0.330. The van der Waals surface area contributed by atoms with Crippen LogP contribution < -0.4 is 5.73 Å². The van der Waals surface area contributed by atoms with Gasteiger partial charge in [-0.1, -0.05) is 30.1 Å². The van der Waals surface area contributed by atoms with E-state index in [0.29, 0.717) is 11.3 Å². The lowest BCUT2D eigenvalue weighted by Crippen LogP contribution is -2.14. The lowest BCUT2D eigenvalue weighted by atomic mass is 9.93. The van der Waals surface area contributed by atoms with Gasteiger partial charge in [-0.2, -0.15) is 0 Å². The molecule has 1 atom stereocenters. The molecule has 158 valence electrons. The van der Waals surface area contributed by atoms with Crippen molar-refractivity contribution in [2.24, 2.45) is 5.73 Å². The molecule has 0 unspecified atom stereocenters. The predicted octanol–water partition coefficient (Wildman–Crippen LogP) is 5.30. The van der Waals surface area contributed by atoms with E-state index in [-0.39, 0.29) is 39.4 Å². The van der Waals surface area contributed by atoms with E-state index in [0.717, 1.165) is 10.6 Å². The van der Waals surface area contributed by atoms with Crippen LogP contribution in [0.4, 0.5) is 8.78 Å². The number of hydrogen-bond donors (Lipinski definition) is 2. The fourth-order valence-electron chi connectivity index (χ4n) is 3.64. The Kier molecular flexibility index (Phi) is 6.06. The second-order valence-electron chi connectivity index (χ2n) is 7.09. The van der Waals surface area contributed by atoms with E-state index < -0.39 is 35.1 Å². The predicted molar refractivity (Wildman–Crippen MR) is 111 cm³/mol. The van der Waals surface area contributed by atoms with Gasteiger partial charge in [0.05, 0.1) is 15.6 Å². The standard InChI is InChI=1S/C21H18Cl2F2N2O3/c1-9(3-6-16(26)28)17-10(2)27(15-8-14(24)20(29)19(25)18(15)17)21(30)11-4-5-12(22)13(23)7-11/h4-5,7-9,29H,3,6H2,1-2H3,(H2,26,28)/t9-/m0/s1. The van der Waals surface area contributed by atoms with Crippen molar-refractivity contribution in [1.29, 1.82) is 0 Å². The van der Waals surface area contributed by atoms with E-state index in [4.69, 9.17) is 28.9 Å². The largest absolute Gasteiger partial charge is 0.503 e. The molecule has 2 aromatic carbocycles. The molecule has 3 aromatic rings. The average Bonchev–Trinajstić information content (AvgIpc) is 2.97. The summed E-state index contributed by atoms with van der Waals surface area (Å²) >= 11 is 11.9. The van der Waals surface area contributed by atoms with Gasteiger partial charge in [-0.05, 0) is 43.0 Å². The van der Waals surface area contributed by atoms with Crippen molar-refractivity contribution in [2.45, 2.75) is 32.6 Å². The number of primary amides is 1. The number of halogens is 4. The Balaban J connectivity index is 2.28. The Hall–Kier alpha value is -2.64. The molecule has 0 aliphatic rings. The molecule has 1 aromatic heterocycles. The van der Waals surface area contributed by atoms with Gasteiger partial charge in [-0.3, -0.25) is 14.2 Å². The third-order valence-corrected chi connectivity index (χ3v) is 5.83. The van der Waals surface area contributed by atoms with Crippen LogP contribution in [0, 0.1) is 18.6 Å². The Morgan fingerprint density at radius 3 is 2.47 bits per heavy atom. The van der Waals surface area contributed by atoms with Crippen LogP contribution in [0.25, 0.3) is 10.9 Å². The first-order valence-electron chi connectivity index (χ1n) is 9.04. The molecular formula is C21H18Cl2F2N2O3. The molecule has 0 spiro atoms. The molecule has 9 heteroatoms. The number of phenols is 1. The summed E-state index contributed by atoms with van der Waals surface area (Å²) in [7, 11) is 0. The van der Waals surface area contributed by atoms with E-state index in [2.05, 4.69) is 0 Å². The first-order valence-corrected chi connectivity index (χ1v) is 9.80. The second-order valence-corrected chi connectivity index (χ2v) is 7.90. The van der Waals surface area contributed by atoms with Crippen LogP contribution in [-0.4, -0.2) is 21.5 Å². The van der Waals surface area contributed by atoms with E-state index >= 15 is 0 Å². The number of amides is 1. The van der Waals surface area contributed by atoms with Crippen LogP contribution >= 0.6 is 23.2 Å². The molecule has 1 heterocycles. The molecule has 0 saturated carbocycles. The molecule has 0 aliphatic carbocycles. The Morgan fingerprint density at radius 2 is 1.87 bits per heavy atom.